The fourth-order valence-electron chi connectivity index (χ4n) is 1.60. The lowest BCUT2D eigenvalue weighted by Crippen LogP contribution is -2.22. The van der Waals surface area contributed by atoms with E-state index in [0.717, 1.165) is 0 Å². The molecule has 6 nitrogen and oxygen atoms in total. The van der Waals surface area contributed by atoms with E-state index in [1.54, 1.807) is 13.0 Å². The van der Waals surface area contributed by atoms with Crippen molar-refractivity contribution >= 4 is 5.69 Å². The van der Waals surface area contributed by atoms with E-state index in [-0.39, 0.29) is 18.7 Å². The predicted octanol–water partition coefficient (Wildman–Crippen LogP) is 0.646. The van der Waals surface area contributed by atoms with Crippen molar-refractivity contribution in [1.29, 1.82) is 0 Å². The van der Waals surface area contributed by atoms with Crippen LogP contribution in [-0.4, -0.2) is 27.8 Å². The summed E-state index contributed by atoms with van der Waals surface area (Å²) < 4.78 is 0. The lowest BCUT2D eigenvalue weighted by atomic mass is 9.97. The molecule has 6 heteroatoms. The molecule has 0 heterocycles. The summed E-state index contributed by atoms with van der Waals surface area (Å²) in [5.74, 6) is 0. The van der Waals surface area contributed by atoms with Gasteiger partial charge in [0.2, 0.25) is 0 Å². The first kappa shape index (κ1) is 13.6. The molecule has 2 unspecified atom stereocenters. The van der Waals surface area contributed by atoms with Crippen LogP contribution >= 0.6 is 0 Å². The Morgan fingerprint density at radius 2 is 2.12 bits per heavy atom. The van der Waals surface area contributed by atoms with Gasteiger partial charge < -0.3 is 15.9 Å². The Bertz CT molecular complexity index is 408. The molecule has 0 fully saturated rings. The molecule has 17 heavy (non-hydrogen) atoms. The van der Waals surface area contributed by atoms with E-state index >= 15 is 0 Å². The van der Waals surface area contributed by atoms with E-state index < -0.39 is 17.1 Å². The summed E-state index contributed by atoms with van der Waals surface area (Å²) in [6.45, 7) is 1.96. The first-order chi connectivity index (χ1) is 7.97. The van der Waals surface area contributed by atoms with E-state index in [4.69, 9.17) is 5.73 Å². The summed E-state index contributed by atoms with van der Waals surface area (Å²) in [5.41, 5.74) is 6.23. The van der Waals surface area contributed by atoms with Gasteiger partial charge in [0.05, 0.1) is 11.0 Å². The van der Waals surface area contributed by atoms with Gasteiger partial charge in [0.1, 0.15) is 6.10 Å². The molecule has 0 aliphatic heterocycles. The second kappa shape index (κ2) is 5.72. The summed E-state index contributed by atoms with van der Waals surface area (Å²) in [4.78, 5) is 10.1. The van der Waals surface area contributed by atoms with Crippen molar-refractivity contribution in [3.8, 4) is 0 Å². The molecule has 0 aliphatic rings. The number of aliphatic hydroxyl groups is 2. The summed E-state index contributed by atoms with van der Waals surface area (Å²) in [6, 6.07) is 4.19. The Labute approximate surface area is 98.8 Å². The Morgan fingerprint density at radius 1 is 1.47 bits per heavy atom. The van der Waals surface area contributed by atoms with E-state index in [1.165, 1.54) is 12.1 Å². The van der Waals surface area contributed by atoms with Crippen molar-refractivity contribution in [2.24, 2.45) is 5.73 Å². The van der Waals surface area contributed by atoms with E-state index in [1.807, 2.05) is 0 Å². The average molecular weight is 240 g/mol. The lowest BCUT2D eigenvalue weighted by molar-refractivity contribution is -0.385. The molecule has 0 bridgehead atoms. The van der Waals surface area contributed by atoms with E-state index in [9.17, 15) is 20.3 Å². The van der Waals surface area contributed by atoms with Crippen LogP contribution in [0, 0.1) is 17.0 Å². The zero-order valence-electron chi connectivity index (χ0n) is 9.54. The van der Waals surface area contributed by atoms with Crippen molar-refractivity contribution in [3.63, 3.8) is 0 Å². The van der Waals surface area contributed by atoms with Crippen LogP contribution in [0.4, 0.5) is 5.69 Å². The molecule has 1 aromatic rings. The van der Waals surface area contributed by atoms with Crippen LogP contribution in [0.15, 0.2) is 18.2 Å². The van der Waals surface area contributed by atoms with Crippen LogP contribution in [0.5, 0.6) is 0 Å². The number of non-ortho nitro benzene ring substituents is 1. The topological polar surface area (TPSA) is 110 Å². The maximum Gasteiger partial charge on any atom is 0.269 e. The smallest absolute Gasteiger partial charge is 0.269 e. The van der Waals surface area contributed by atoms with Crippen LogP contribution < -0.4 is 5.73 Å². The molecule has 0 aliphatic carbocycles. The molecule has 1 aromatic carbocycles. The number of nitrogens with zero attached hydrogens (tertiary/aromatic N) is 1. The normalized spacial score (nSPS) is 14.4. The average Bonchev–Trinajstić information content (AvgIpc) is 2.28. The highest BCUT2D eigenvalue weighted by molar-refractivity contribution is 5.40. The van der Waals surface area contributed by atoms with Crippen molar-refractivity contribution in [1.82, 2.24) is 0 Å². The minimum atomic E-state index is -1.15. The number of benzene rings is 1. The Balaban J connectivity index is 3.03. The van der Waals surface area contributed by atoms with Gasteiger partial charge in [-0.15, -0.1) is 0 Å². The lowest BCUT2D eigenvalue weighted by Gasteiger charge is -2.19. The second-order valence-corrected chi connectivity index (χ2v) is 3.89. The zero-order valence-corrected chi connectivity index (χ0v) is 9.54. The maximum absolute atomic E-state index is 10.6. The van der Waals surface area contributed by atoms with Gasteiger partial charge in [0.15, 0.2) is 0 Å². The third kappa shape index (κ3) is 3.23. The third-order valence-corrected chi connectivity index (χ3v) is 2.62. The Hall–Kier alpha value is -1.50. The number of hydrogen-bond acceptors (Lipinski definition) is 5. The molecular formula is C11H16N2O4. The van der Waals surface area contributed by atoms with Crippen LogP contribution in [0.2, 0.25) is 0 Å². The molecular weight excluding hydrogens is 224 g/mol. The van der Waals surface area contributed by atoms with Gasteiger partial charge in [0, 0.05) is 12.1 Å². The van der Waals surface area contributed by atoms with Crippen molar-refractivity contribution in [2.75, 3.05) is 6.54 Å². The molecule has 0 amide bonds. The van der Waals surface area contributed by atoms with Crippen molar-refractivity contribution in [2.45, 2.75) is 25.6 Å². The predicted molar refractivity (Wildman–Crippen MR) is 62.5 cm³/mol. The van der Waals surface area contributed by atoms with Gasteiger partial charge in [-0.3, -0.25) is 10.1 Å². The van der Waals surface area contributed by atoms with Gasteiger partial charge in [-0.25, -0.2) is 0 Å². The Kier molecular flexibility index (Phi) is 4.56. The summed E-state index contributed by atoms with van der Waals surface area (Å²) >= 11 is 0. The molecule has 2 atom stereocenters. The molecule has 0 aromatic heterocycles. The van der Waals surface area contributed by atoms with Crippen LogP contribution in [0.1, 0.15) is 23.7 Å². The zero-order chi connectivity index (χ0) is 13.0. The third-order valence-electron chi connectivity index (χ3n) is 2.62. The summed E-state index contributed by atoms with van der Waals surface area (Å²) in [6.07, 6.45) is -1.93. The minimum absolute atomic E-state index is 0.107. The molecule has 0 saturated heterocycles. The summed E-state index contributed by atoms with van der Waals surface area (Å²) in [5, 5.41) is 30.1. The first-order valence-electron chi connectivity index (χ1n) is 5.28. The van der Waals surface area contributed by atoms with Crippen molar-refractivity contribution < 1.29 is 15.1 Å². The number of aryl methyl sites for hydroxylation is 1. The SMILES string of the molecule is Cc1ccc([N+](=O)[O-])cc1C(O)C(O)CCN. The number of rotatable bonds is 5. The van der Waals surface area contributed by atoms with Crippen molar-refractivity contribution in [3.05, 3.63) is 39.4 Å². The fraction of sp³-hybridized carbons (Fsp3) is 0.455. The highest BCUT2D eigenvalue weighted by atomic mass is 16.6. The van der Waals surface area contributed by atoms with Gasteiger partial charge in [-0.2, -0.15) is 0 Å². The van der Waals surface area contributed by atoms with Gasteiger partial charge in [-0.1, -0.05) is 6.07 Å². The van der Waals surface area contributed by atoms with Gasteiger partial charge in [0.25, 0.3) is 5.69 Å². The Morgan fingerprint density at radius 3 is 2.65 bits per heavy atom. The second-order valence-electron chi connectivity index (χ2n) is 3.89. The van der Waals surface area contributed by atoms with E-state index in [0.29, 0.717) is 11.1 Å². The monoisotopic (exact) mass is 240 g/mol. The summed E-state index contributed by atoms with van der Waals surface area (Å²) in [7, 11) is 0. The van der Waals surface area contributed by atoms with Gasteiger partial charge >= 0.3 is 0 Å². The molecule has 0 radical (unpaired) electrons. The van der Waals surface area contributed by atoms with Crippen LogP contribution in [-0.2, 0) is 0 Å². The largest absolute Gasteiger partial charge is 0.390 e. The number of nitrogens with two attached hydrogens (primary N) is 1. The molecule has 4 N–H and O–H groups in total. The van der Waals surface area contributed by atoms with Gasteiger partial charge in [-0.05, 0) is 31.0 Å². The number of hydrogen-bond donors (Lipinski definition) is 3. The maximum atomic E-state index is 10.6. The van der Waals surface area contributed by atoms with Crippen LogP contribution in [0.3, 0.4) is 0 Å². The number of nitro benzene ring substituents is 1. The fourth-order valence-corrected chi connectivity index (χ4v) is 1.60. The number of nitro groups is 1. The molecule has 94 valence electrons. The molecule has 0 saturated carbocycles. The first-order valence-corrected chi connectivity index (χ1v) is 5.28. The molecule has 0 spiro atoms. The molecule has 1 rings (SSSR count). The van der Waals surface area contributed by atoms with E-state index in [2.05, 4.69) is 0 Å². The standard InChI is InChI=1S/C11H16N2O4/c1-7-2-3-8(13(16)17)6-9(7)11(15)10(14)4-5-12/h2-3,6,10-11,14-15H,4-5,12H2,1H3. The minimum Gasteiger partial charge on any atom is -0.390 e. The quantitative estimate of drug-likeness (QED) is 0.517. The van der Waals surface area contributed by atoms with Crippen LogP contribution in [0.25, 0.3) is 0 Å². The number of aliphatic hydroxyl groups excluding tert-OH is 2. The highest BCUT2D eigenvalue weighted by Gasteiger charge is 2.21. The highest BCUT2D eigenvalue weighted by Crippen LogP contribution is 2.26.